The van der Waals surface area contributed by atoms with Crippen molar-refractivity contribution in [3.8, 4) is 5.75 Å². The number of fused-ring (bicyclic) bond motifs is 1. The number of aryl methyl sites for hydroxylation is 1. The normalized spacial score (nSPS) is 16.9. The number of thioether (sulfide) groups is 2. The third-order valence-electron chi connectivity index (χ3n) is 3.88. The Morgan fingerprint density at radius 2 is 1.92 bits per heavy atom. The first kappa shape index (κ1) is 17.7. The molecule has 4 nitrogen and oxygen atoms in total. The molecule has 24 heavy (non-hydrogen) atoms. The highest BCUT2D eigenvalue weighted by Crippen LogP contribution is 2.42. The lowest BCUT2D eigenvalue weighted by atomic mass is 9.99. The van der Waals surface area contributed by atoms with E-state index in [9.17, 15) is 0 Å². The zero-order valence-electron chi connectivity index (χ0n) is 13.4. The van der Waals surface area contributed by atoms with Crippen LogP contribution in [-0.4, -0.2) is 34.9 Å². The molecular weight excluding hydrogens is 344 g/mol. The smallest absolute Gasteiger partial charge is 0.156 e. The van der Waals surface area contributed by atoms with E-state index in [4.69, 9.17) is 19.4 Å². The lowest BCUT2D eigenvalue weighted by Crippen LogP contribution is -2.15. The van der Waals surface area contributed by atoms with E-state index < -0.39 is 0 Å². The highest BCUT2D eigenvalue weighted by atomic mass is 32.2. The van der Waals surface area contributed by atoms with E-state index >= 15 is 0 Å². The number of benzene rings is 1. The van der Waals surface area contributed by atoms with Crippen LogP contribution in [0.5, 0.6) is 5.75 Å². The fourth-order valence-corrected chi connectivity index (χ4v) is 5.07. The first-order chi connectivity index (χ1) is 11.8. The van der Waals surface area contributed by atoms with Crippen molar-refractivity contribution in [1.29, 1.82) is 0 Å². The van der Waals surface area contributed by atoms with Crippen molar-refractivity contribution < 1.29 is 19.4 Å². The number of ether oxygens (including phenoxy) is 1. The van der Waals surface area contributed by atoms with Gasteiger partial charge in [-0.3, -0.25) is 0 Å². The Morgan fingerprint density at radius 3 is 2.58 bits per heavy atom. The Balaban J connectivity index is 1.73. The minimum Gasteiger partial charge on any atom is -0.482 e. The summed E-state index contributed by atoms with van der Waals surface area (Å²) in [5, 5.41) is 18.2. The maximum Gasteiger partial charge on any atom is 0.156 e. The molecule has 0 amide bonds. The SMILES string of the molecule is OCCSC(SCCO)c1ccc2c(c1)CCC(c1ccco1)O2. The zero-order valence-corrected chi connectivity index (χ0v) is 15.0. The number of hydrogen-bond donors (Lipinski definition) is 2. The summed E-state index contributed by atoms with van der Waals surface area (Å²) in [6.45, 7) is 0.333. The van der Waals surface area contributed by atoms with Gasteiger partial charge in [-0.1, -0.05) is 12.1 Å². The van der Waals surface area contributed by atoms with Crippen molar-refractivity contribution in [3.63, 3.8) is 0 Å². The molecule has 0 saturated heterocycles. The van der Waals surface area contributed by atoms with Gasteiger partial charge in [0.15, 0.2) is 6.10 Å². The molecule has 1 aliphatic heterocycles. The lowest BCUT2D eigenvalue weighted by Gasteiger charge is -2.26. The van der Waals surface area contributed by atoms with E-state index in [2.05, 4.69) is 12.1 Å². The van der Waals surface area contributed by atoms with Crippen molar-refractivity contribution in [2.75, 3.05) is 24.7 Å². The maximum atomic E-state index is 9.09. The van der Waals surface area contributed by atoms with Gasteiger partial charge in [-0.2, -0.15) is 0 Å². The van der Waals surface area contributed by atoms with Gasteiger partial charge in [-0.15, -0.1) is 23.5 Å². The predicted octanol–water partition coefficient (Wildman–Crippen LogP) is 3.80. The molecule has 0 fully saturated rings. The van der Waals surface area contributed by atoms with Crippen molar-refractivity contribution in [3.05, 3.63) is 53.5 Å². The molecule has 2 N–H and O–H groups in total. The Bertz CT molecular complexity index is 622. The van der Waals surface area contributed by atoms with Crippen LogP contribution in [0.3, 0.4) is 0 Å². The van der Waals surface area contributed by atoms with Gasteiger partial charge in [0, 0.05) is 11.5 Å². The molecular formula is C18H22O4S2. The first-order valence-corrected chi connectivity index (χ1v) is 10.2. The van der Waals surface area contributed by atoms with Crippen LogP contribution in [0, 0.1) is 0 Å². The van der Waals surface area contributed by atoms with Crippen LogP contribution in [-0.2, 0) is 6.42 Å². The fraction of sp³-hybridized carbons (Fsp3) is 0.444. The topological polar surface area (TPSA) is 62.8 Å². The van der Waals surface area contributed by atoms with Crippen molar-refractivity contribution in [2.45, 2.75) is 23.5 Å². The van der Waals surface area contributed by atoms with Crippen molar-refractivity contribution in [2.24, 2.45) is 0 Å². The van der Waals surface area contributed by atoms with Gasteiger partial charge in [0.1, 0.15) is 11.5 Å². The zero-order chi connectivity index (χ0) is 16.8. The molecule has 0 radical (unpaired) electrons. The molecule has 3 rings (SSSR count). The van der Waals surface area contributed by atoms with Crippen LogP contribution in [0.1, 0.15) is 34.0 Å². The minimum absolute atomic E-state index is 0.0123. The molecule has 0 spiro atoms. The monoisotopic (exact) mass is 366 g/mol. The van der Waals surface area contributed by atoms with E-state index in [1.807, 2.05) is 18.2 Å². The summed E-state index contributed by atoms with van der Waals surface area (Å²) in [6, 6.07) is 10.2. The molecule has 1 aromatic heterocycles. The Morgan fingerprint density at radius 1 is 1.12 bits per heavy atom. The maximum absolute atomic E-state index is 9.09. The molecule has 6 heteroatoms. The molecule has 0 saturated carbocycles. The molecule has 1 unspecified atom stereocenters. The second kappa shape index (κ2) is 8.85. The molecule has 2 aromatic rings. The third kappa shape index (κ3) is 4.30. The molecule has 1 aliphatic rings. The molecule has 130 valence electrons. The Hall–Kier alpha value is -1.08. The van der Waals surface area contributed by atoms with Gasteiger partial charge in [0.05, 0.1) is 24.1 Å². The highest BCUT2D eigenvalue weighted by Gasteiger charge is 2.24. The molecule has 1 atom stereocenters. The quantitative estimate of drug-likeness (QED) is 0.693. The van der Waals surface area contributed by atoms with E-state index in [1.165, 1.54) is 11.1 Å². The van der Waals surface area contributed by atoms with Crippen molar-refractivity contribution >= 4 is 23.5 Å². The van der Waals surface area contributed by atoms with E-state index in [0.717, 1.165) is 24.4 Å². The standard InChI is InChI=1S/C18H22O4S2/c19-7-10-23-18(24-11-8-20)14-4-5-15-13(12-14)3-6-17(22-15)16-2-1-9-21-16/h1-2,4-5,9,12,17-20H,3,6-8,10-11H2. The van der Waals surface area contributed by atoms with E-state index in [0.29, 0.717) is 11.5 Å². The molecule has 2 heterocycles. The molecule has 0 aliphatic carbocycles. The average molecular weight is 367 g/mol. The summed E-state index contributed by atoms with van der Waals surface area (Å²) in [7, 11) is 0. The summed E-state index contributed by atoms with van der Waals surface area (Å²) in [6.07, 6.45) is 3.53. The Kier molecular flexibility index (Phi) is 6.54. The second-order valence-electron chi connectivity index (χ2n) is 5.55. The fourth-order valence-electron chi connectivity index (χ4n) is 2.79. The van der Waals surface area contributed by atoms with Crippen LogP contribution in [0.2, 0.25) is 0 Å². The van der Waals surface area contributed by atoms with Crippen molar-refractivity contribution in [1.82, 2.24) is 0 Å². The van der Waals surface area contributed by atoms with Gasteiger partial charge in [0.25, 0.3) is 0 Å². The number of aliphatic hydroxyl groups excluding tert-OH is 2. The van der Waals surface area contributed by atoms with Crippen LogP contribution in [0.4, 0.5) is 0 Å². The van der Waals surface area contributed by atoms with Crippen LogP contribution in [0.25, 0.3) is 0 Å². The first-order valence-electron chi connectivity index (χ1n) is 8.09. The Labute approximate surface area is 150 Å². The van der Waals surface area contributed by atoms with Crippen LogP contribution >= 0.6 is 23.5 Å². The van der Waals surface area contributed by atoms with E-state index in [-0.39, 0.29) is 23.9 Å². The van der Waals surface area contributed by atoms with Gasteiger partial charge < -0.3 is 19.4 Å². The minimum atomic E-state index is -0.0123. The third-order valence-corrected chi connectivity index (χ3v) is 6.69. The largest absolute Gasteiger partial charge is 0.482 e. The summed E-state index contributed by atoms with van der Waals surface area (Å²) < 4.78 is 11.8. The lowest BCUT2D eigenvalue weighted by molar-refractivity contribution is 0.150. The van der Waals surface area contributed by atoms with Crippen LogP contribution < -0.4 is 4.74 Å². The van der Waals surface area contributed by atoms with Gasteiger partial charge >= 0.3 is 0 Å². The van der Waals surface area contributed by atoms with Crippen LogP contribution in [0.15, 0.2) is 41.0 Å². The molecule has 0 bridgehead atoms. The number of furan rings is 1. The summed E-state index contributed by atoms with van der Waals surface area (Å²) in [4.78, 5) is 0. The van der Waals surface area contributed by atoms with E-state index in [1.54, 1.807) is 29.8 Å². The number of aliphatic hydroxyl groups is 2. The summed E-state index contributed by atoms with van der Waals surface area (Å²) >= 11 is 3.42. The summed E-state index contributed by atoms with van der Waals surface area (Å²) in [5.74, 6) is 3.18. The molecule has 1 aromatic carbocycles. The highest BCUT2D eigenvalue weighted by molar-refractivity contribution is 8.16. The van der Waals surface area contributed by atoms with Gasteiger partial charge in [-0.25, -0.2) is 0 Å². The second-order valence-corrected chi connectivity index (χ2v) is 8.27. The van der Waals surface area contributed by atoms with Gasteiger partial charge in [0.2, 0.25) is 0 Å². The average Bonchev–Trinajstić information content (AvgIpc) is 3.16. The summed E-state index contributed by atoms with van der Waals surface area (Å²) in [5.41, 5.74) is 2.43. The van der Waals surface area contributed by atoms with Gasteiger partial charge in [-0.05, 0) is 42.2 Å². The predicted molar refractivity (Wildman–Crippen MR) is 98.7 cm³/mol. The number of rotatable bonds is 8. The number of hydrogen-bond acceptors (Lipinski definition) is 6.